The number of hydrogen-bond donors (Lipinski definition) is 1. The van der Waals surface area contributed by atoms with E-state index >= 15 is 0 Å². The van der Waals surface area contributed by atoms with Crippen molar-refractivity contribution in [1.82, 2.24) is 14.8 Å². The zero-order valence-corrected chi connectivity index (χ0v) is 15.6. The van der Waals surface area contributed by atoms with Crippen molar-refractivity contribution in [3.8, 4) is 22.8 Å². The molecule has 1 aromatic carbocycles. The Morgan fingerprint density at radius 1 is 1.21 bits per heavy atom. The molecule has 0 saturated heterocycles. The van der Waals surface area contributed by atoms with Crippen molar-refractivity contribution in [2.75, 3.05) is 6.61 Å². The zero-order chi connectivity index (χ0) is 21.2. The van der Waals surface area contributed by atoms with E-state index in [1.54, 1.807) is 30.3 Å². The van der Waals surface area contributed by atoms with Crippen molar-refractivity contribution in [2.45, 2.75) is 20.0 Å². The van der Waals surface area contributed by atoms with Gasteiger partial charge in [0, 0.05) is 5.56 Å². The summed E-state index contributed by atoms with van der Waals surface area (Å²) in [6.07, 6.45) is -4.24. The summed E-state index contributed by atoms with van der Waals surface area (Å²) in [5.41, 5.74) is -1.28. The van der Waals surface area contributed by atoms with Crippen LogP contribution in [0.3, 0.4) is 0 Å². The predicted octanol–water partition coefficient (Wildman–Crippen LogP) is 4.69. The van der Waals surface area contributed by atoms with E-state index in [-0.39, 0.29) is 5.82 Å². The molecule has 0 aliphatic carbocycles. The molecule has 0 radical (unpaired) electrons. The first-order valence-corrected chi connectivity index (χ1v) is 8.76. The van der Waals surface area contributed by atoms with Crippen LogP contribution in [0.4, 0.5) is 13.2 Å². The van der Waals surface area contributed by atoms with Crippen LogP contribution in [0.5, 0.6) is 5.75 Å². The lowest BCUT2D eigenvalue weighted by atomic mass is 10.1. The molecule has 152 valence electrons. The molecule has 2 heterocycles. The summed E-state index contributed by atoms with van der Waals surface area (Å²) in [7, 11) is 0. The first-order chi connectivity index (χ1) is 13.7. The van der Waals surface area contributed by atoms with E-state index in [1.807, 2.05) is 13.8 Å². The van der Waals surface area contributed by atoms with E-state index in [1.165, 1.54) is 12.1 Å². The topological polar surface area (TPSA) is 77.2 Å². The van der Waals surface area contributed by atoms with Gasteiger partial charge in [0.25, 0.3) is 0 Å². The molecule has 0 saturated carbocycles. The number of carboxylic acids is 1. The minimum Gasteiger partial charge on any atom is -0.493 e. The second kappa shape index (κ2) is 7.94. The number of ether oxygens (including phenoxy) is 1. The van der Waals surface area contributed by atoms with Crippen LogP contribution >= 0.6 is 0 Å². The molecule has 6 nitrogen and oxygen atoms in total. The van der Waals surface area contributed by atoms with Gasteiger partial charge in [0.1, 0.15) is 11.3 Å². The predicted molar refractivity (Wildman–Crippen MR) is 99.1 cm³/mol. The number of alkyl halides is 3. The molecule has 0 spiro atoms. The molecular weight excluding hydrogens is 387 g/mol. The first-order valence-electron chi connectivity index (χ1n) is 8.76. The highest BCUT2D eigenvalue weighted by molar-refractivity contribution is 5.89. The number of aromatic carboxylic acids is 1. The fraction of sp³-hybridized carbons (Fsp3) is 0.250. The first kappa shape index (κ1) is 20.4. The van der Waals surface area contributed by atoms with Gasteiger partial charge in [-0.05, 0) is 30.2 Å². The molecule has 0 aliphatic heterocycles. The average Bonchev–Trinajstić information content (AvgIpc) is 3.13. The van der Waals surface area contributed by atoms with Crippen LogP contribution in [-0.2, 0) is 6.18 Å². The third-order valence-corrected chi connectivity index (χ3v) is 3.93. The minimum atomic E-state index is -4.91. The normalized spacial score (nSPS) is 11.7. The maximum atomic E-state index is 13.4. The minimum absolute atomic E-state index is 0.143. The van der Waals surface area contributed by atoms with Gasteiger partial charge in [-0.3, -0.25) is 0 Å². The summed E-state index contributed by atoms with van der Waals surface area (Å²) in [5.74, 6) is -0.902. The van der Waals surface area contributed by atoms with Gasteiger partial charge in [-0.25, -0.2) is 14.5 Å². The van der Waals surface area contributed by atoms with Crippen molar-refractivity contribution in [3.63, 3.8) is 0 Å². The van der Waals surface area contributed by atoms with Gasteiger partial charge in [0.05, 0.1) is 18.5 Å². The molecule has 0 unspecified atom stereocenters. The molecule has 0 atom stereocenters. The number of pyridine rings is 1. The zero-order valence-electron chi connectivity index (χ0n) is 15.6. The third-order valence-electron chi connectivity index (χ3n) is 3.93. The summed E-state index contributed by atoms with van der Waals surface area (Å²) in [6, 6.07) is 11.5. The lowest BCUT2D eigenvalue weighted by Crippen LogP contribution is -2.18. The summed E-state index contributed by atoms with van der Waals surface area (Å²) in [5, 5.41) is 12.7. The van der Waals surface area contributed by atoms with Crippen LogP contribution < -0.4 is 4.74 Å². The molecule has 0 fully saturated rings. The molecule has 0 bridgehead atoms. The summed E-state index contributed by atoms with van der Waals surface area (Å²) >= 11 is 0. The van der Waals surface area contributed by atoms with E-state index in [9.17, 15) is 18.0 Å². The Morgan fingerprint density at radius 2 is 1.93 bits per heavy atom. The van der Waals surface area contributed by atoms with Crippen LogP contribution in [0.1, 0.15) is 29.9 Å². The second-order valence-corrected chi connectivity index (χ2v) is 6.74. The fourth-order valence-electron chi connectivity index (χ4n) is 2.66. The Morgan fingerprint density at radius 3 is 2.59 bits per heavy atom. The number of carbonyl (C=O) groups is 1. The highest BCUT2D eigenvalue weighted by Gasteiger charge is 2.41. The standard InChI is InChI=1S/C20H18F3N3O3/c1-12(2)11-29-14-6-3-5-13(9-14)16-7-4-8-17(25-16)26-18(20(21,22)23)15(10-24-26)19(27)28/h3-10,12H,11H2,1-2H3,(H,27,28). The number of halogens is 3. The highest BCUT2D eigenvalue weighted by Crippen LogP contribution is 2.33. The maximum Gasteiger partial charge on any atom is 0.434 e. The number of aromatic nitrogens is 3. The van der Waals surface area contributed by atoms with E-state index in [2.05, 4.69) is 10.1 Å². The Balaban J connectivity index is 2.02. The number of carboxylic acid groups (broad SMARTS) is 1. The molecule has 3 rings (SSSR count). The average molecular weight is 405 g/mol. The largest absolute Gasteiger partial charge is 0.493 e. The van der Waals surface area contributed by atoms with Crippen LogP contribution in [0.15, 0.2) is 48.7 Å². The van der Waals surface area contributed by atoms with Gasteiger partial charge in [-0.15, -0.1) is 0 Å². The van der Waals surface area contributed by atoms with Crippen LogP contribution in [0, 0.1) is 5.92 Å². The second-order valence-electron chi connectivity index (χ2n) is 6.74. The van der Waals surface area contributed by atoms with Crippen molar-refractivity contribution < 1.29 is 27.8 Å². The van der Waals surface area contributed by atoms with Gasteiger partial charge in [0.15, 0.2) is 11.5 Å². The summed E-state index contributed by atoms with van der Waals surface area (Å²) < 4.78 is 46.5. The Labute approximate surface area is 164 Å². The lowest BCUT2D eigenvalue weighted by molar-refractivity contribution is -0.143. The van der Waals surface area contributed by atoms with Gasteiger partial charge in [0.2, 0.25) is 0 Å². The molecule has 0 amide bonds. The van der Waals surface area contributed by atoms with Crippen molar-refractivity contribution >= 4 is 5.97 Å². The van der Waals surface area contributed by atoms with Gasteiger partial charge >= 0.3 is 12.1 Å². The van der Waals surface area contributed by atoms with Crippen molar-refractivity contribution in [2.24, 2.45) is 5.92 Å². The van der Waals surface area contributed by atoms with E-state index < -0.39 is 23.4 Å². The molecular formula is C20H18F3N3O3. The smallest absolute Gasteiger partial charge is 0.434 e. The molecule has 1 N–H and O–H groups in total. The van der Waals surface area contributed by atoms with Crippen molar-refractivity contribution in [1.29, 1.82) is 0 Å². The van der Waals surface area contributed by atoms with Crippen molar-refractivity contribution in [3.05, 3.63) is 59.9 Å². The third kappa shape index (κ3) is 4.56. The quantitative estimate of drug-likeness (QED) is 0.644. The fourth-order valence-corrected chi connectivity index (χ4v) is 2.66. The van der Waals surface area contributed by atoms with E-state index in [0.717, 1.165) is 0 Å². The van der Waals surface area contributed by atoms with Gasteiger partial charge in [-0.2, -0.15) is 18.3 Å². The Bertz CT molecular complexity index is 1030. The van der Waals surface area contributed by atoms with Gasteiger partial charge in [-0.1, -0.05) is 32.0 Å². The summed E-state index contributed by atoms with van der Waals surface area (Å²) in [6.45, 7) is 4.56. The molecule has 0 aliphatic rings. The van der Waals surface area contributed by atoms with Crippen LogP contribution in [0.2, 0.25) is 0 Å². The van der Waals surface area contributed by atoms with E-state index in [4.69, 9.17) is 9.84 Å². The van der Waals surface area contributed by atoms with E-state index in [0.29, 0.717) is 40.4 Å². The highest BCUT2D eigenvalue weighted by atomic mass is 19.4. The monoisotopic (exact) mass is 405 g/mol. The SMILES string of the molecule is CC(C)COc1cccc(-c2cccc(-n3ncc(C(=O)O)c3C(F)(F)F)n2)c1. The molecule has 2 aromatic heterocycles. The Hall–Kier alpha value is -3.36. The number of hydrogen-bond acceptors (Lipinski definition) is 4. The number of rotatable bonds is 6. The lowest BCUT2D eigenvalue weighted by Gasteiger charge is -2.12. The maximum absolute atomic E-state index is 13.4. The van der Waals surface area contributed by atoms with Gasteiger partial charge < -0.3 is 9.84 Å². The molecule has 3 aromatic rings. The van der Waals surface area contributed by atoms with Crippen LogP contribution in [-0.4, -0.2) is 32.4 Å². The summed E-state index contributed by atoms with van der Waals surface area (Å²) in [4.78, 5) is 15.4. The number of nitrogens with zero attached hydrogens (tertiary/aromatic N) is 3. The molecule has 29 heavy (non-hydrogen) atoms. The Kier molecular flexibility index (Phi) is 5.58. The van der Waals surface area contributed by atoms with Crippen LogP contribution in [0.25, 0.3) is 17.1 Å². The number of benzene rings is 1. The molecule has 9 heteroatoms.